The molecule has 2 heterocycles. The second kappa shape index (κ2) is 2.70. The first-order chi connectivity index (χ1) is 5.38. The topological polar surface area (TPSA) is 34.2 Å². The van der Waals surface area contributed by atoms with Crippen LogP contribution >= 0.6 is 15.9 Å². The first-order valence-electron chi connectivity index (χ1n) is 3.38. The first-order valence-corrected chi connectivity index (χ1v) is 4.17. The number of halogens is 1. The second-order valence-corrected chi connectivity index (χ2v) is 3.12. The van der Waals surface area contributed by atoms with Crippen molar-refractivity contribution in [1.82, 2.24) is 4.98 Å². The highest BCUT2D eigenvalue weighted by molar-refractivity contribution is 9.10. The highest BCUT2D eigenvalue weighted by atomic mass is 79.9. The van der Waals surface area contributed by atoms with Gasteiger partial charge in [-0.1, -0.05) is 0 Å². The summed E-state index contributed by atoms with van der Waals surface area (Å²) in [4.78, 5) is 3.99. The number of hydrogen-bond donors (Lipinski definition) is 1. The normalized spacial score (nSPS) is 14.6. The summed E-state index contributed by atoms with van der Waals surface area (Å²) in [5.74, 6) is 0.825. The van der Waals surface area contributed by atoms with Gasteiger partial charge in [0.1, 0.15) is 6.61 Å². The van der Waals surface area contributed by atoms with Crippen molar-refractivity contribution >= 4 is 21.6 Å². The Bertz CT molecular complexity index is 277. The number of nitrogens with zero attached hydrogens (tertiary/aromatic N) is 1. The Labute approximate surface area is 72.9 Å². The average molecular weight is 215 g/mol. The lowest BCUT2D eigenvalue weighted by atomic mass is 10.3. The van der Waals surface area contributed by atoms with Gasteiger partial charge in [-0.15, -0.1) is 0 Å². The van der Waals surface area contributed by atoms with Crippen LogP contribution in [0.4, 0.5) is 5.69 Å². The van der Waals surface area contributed by atoms with Crippen LogP contribution < -0.4 is 10.1 Å². The molecule has 1 N–H and O–H groups in total. The molecular weight excluding hydrogens is 208 g/mol. The van der Waals surface area contributed by atoms with Gasteiger partial charge in [-0.25, -0.2) is 0 Å². The van der Waals surface area contributed by atoms with Crippen LogP contribution in [-0.2, 0) is 0 Å². The first kappa shape index (κ1) is 6.91. The summed E-state index contributed by atoms with van der Waals surface area (Å²) in [6, 6.07) is 0. The fraction of sp³-hybridized carbons (Fsp3) is 0.286. The molecule has 1 aliphatic heterocycles. The third kappa shape index (κ3) is 1.18. The van der Waals surface area contributed by atoms with Crippen molar-refractivity contribution in [1.29, 1.82) is 0 Å². The van der Waals surface area contributed by atoms with Gasteiger partial charge in [0, 0.05) is 12.7 Å². The van der Waals surface area contributed by atoms with E-state index in [9.17, 15) is 0 Å². The highest BCUT2D eigenvalue weighted by Gasteiger charge is 2.11. The van der Waals surface area contributed by atoms with Gasteiger partial charge in [-0.3, -0.25) is 4.98 Å². The molecule has 0 radical (unpaired) electrons. The van der Waals surface area contributed by atoms with Crippen LogP contribution in [0.15, 0.2) is 16.9 Å². The van der Waals surface area contributed by atoms with Crippen LogP contribution in [0.2, 0.25) is 0 Å². The lowest BCUT2D eigenvalue weighted by Gasteiger charge is -2.19. The summed E-state index contributed by atoms with van der Waals surface area (Å²) in [6.45, 7) is 1.57. The Morgan fingerprint density at radius 2 is 2.45 bits per heavy atom. The van der Waals surface area contributed by atoms with Crippen molar-refractivity contribution in [2.24, 2.45) is 0 Å². The molecule has 0 atom stereocenters. The minimum Gasteiger partial charge on any atom is -0.488 e. The Morgan fingerprint density at radius 1 is 1.55 bits per heavy atom. The molecule has 0 bridgehead atoms. The number of ether oxygens (including phenoxy) is 1. The number of pyridine rings is 1. The van der Waals surface area contributed by atoms with E-state index in [1.807, 2.05) is 0 Å². The maximum atomic E-state index is 5.35. The number of nitrogens with one attached hydrogen (secondary N) is 1. The maximum absolute atomic E-state index is 5.35. The molecule has 0 fully saturated rings. The van der Waals surface area contributed by atoms with Gasteiger partial charge in [-0.05, 0) is 15.9 Å². The van der Waals surface area contributed by atoms with Crippen molar-refractivity contribution in [2.75, 3.05) is 18.5 Å². The Hall–Kier alpha value is -0.770. The van der Waals surface area contributed by atoms with Crippen LogP contribution in [0.25, 0.3) is 0 Å². The molecule has 1 aromatic heterocycles. The highest BCUT2D eigenvalue weighted by Crippen LogP contribution is 2.32. The molecule has 0 unspecified atom stereocenters. The molecule has 0 saturated heterocycles. The minimum atomic E-state index is 0.713. The van der Waals surface area contributed by atoms with E-state index in [0.29, 0.717) is 6.61 Å². The summed E-state index contributed by atoms with van der Waals surface area (Å²) in [5, 5.41) is 3.22. The van der Waals surface area contributed by atoms with Gasteiger partial charge in [0.25, 0.3) is 0 Å². The quantitative estimate of drug-likeness (QED) is 0.714. The van der Waals surface area contributed by atoms with Crippen LogP contribution in [-0.4, -0.2) is 18.1 Å². The smallest absolute Gasteiger partial charge is 0.161 e. The van der Waals surface area contributed by atoms with Crippen LogP contribution in [0, 0.1) is 0 Å². The van der Waals surface area contributed by atoms with Crippen molar-refractivity contribution < 1.29 is 4.74 Å². The Kier molecular flexibility index (Phi) is 1.69. The zero-order valence-corrected chi connectivity index (χ0v) is 7.39. The zero-order valence-electron chi connectivity index (χ0n) is 5.80. The number of hydrogen-bond acceptors (Lipinski definition) is 3. The largest absolute Gasteiger partial charge is 0.488 e. The Morgan fingerprint density at radius 3 is 3.27 bits per heavy atom. The summed E-state index contributed by atoms with van der Waals surface area (Å²) in [7, 11) is 0. The van der Waals surface area contributed by atoms with Crippen molar-refractivity contribution in [3.8, 4) is 5.75 Å². The molecule has 0 saturated carbocycles. The number of anilines is 1. The molecular formula is C7H7BrN2O. The molecule has 0 aliphatic carbocycles. The van der Waals surface area contributed by atoms with Crippen LogP contribution in [0.1, 0.15) is 0 Å². The third-order valence-corrected chi connectivity index (χ3v) is 2.13. The lowest BCUT2D eigenvalue weighted by molar-refractivity contribution is 0.321. The van der Waals surface area contributed by atoms with Gasteiger partial charge >= 0.3 is 0 Å². The molecule has 58 valence electrons. The molecule has 0 aromatic carbocycles. The van der Waals surface area contributed by atoms with E-state index in [0.717, 1.165) is 22.5 Å². The molecule has 2 rings (SSSR count). The predicted octanol–water partition coefficient (Wildman–Crippen LogP) is 1.65. The van der Waals surface area contributed by atoms with E-state index in [2.05, 4.69) is 26.2 Å². The second-order valence-electron chi connectivity index (χ2n) is 2.27. The molecule has 1 aromatic rings. The van der Waals surface area contributed by atoms with E-state index in [4.69, 9.17) is 4.74 Å². The van der Waals surface area contributed by atoms with Crippen molar-refractivity contribution in [3.63, 3.8) is 0 Å². The fourth-order valence-corrected chi connectivity index (χ4v) is 1.49. The number of fused-ring (bicyclic) bond motifs is 1. The SMILES string of the molecule is Brc1cncc2c1NCCO2. The minimum absolute atomic E-state index is 0.713. The van der Waals surface area contributed by atoms with Gasteiger partial charge in [0.2, 0.25) is 0 Å². The summed E-state index contributed by atoms with van der Waals surface area (Å²) in [5.41, 5.74) is 1.01. The monoisotopic (exact) mass is 214 g/mol. The molecule has 1 aliphatic rings. The lowest BCUT2D eigenvalue weighted by Crippen LogP contribution is -2.18. The van der Waals surface area contributed by atoms with E-state index in [-0.39, 0.29) is 0 Å². The van der Waals surface area contributed by atoms with Gasteiger partial charge < -0.3 is 10.1 Å². The summed E-state index contributed by atoms with van der Waals surface area (Å²) >= 11 is 3.38. The fourth-order valence-electron chi connectivity index (χ4n) is 1.04. The summed E-state index contributed by atoms with van der Waals surface area (Å²) in [6.07, 6.45) is 3.47. The maximum Gasteiger partial charge on any atom is 0.161 e. The number of aromatic nitrogens is 1. The van der Waals surface area contributed by atoms with Gasteiger partial charge in [0.15, 0.2) is 5.75 Å². The van der Waals surface area contributed by atoms with E-state index in [1.165, 1.54) is 0 Å². The molecule has 0 amide bonds. The average Bonchev–Trinajstić information content (AvgIpc) is 2.06. The molecule has 0 spiro atoms. The Balaban J connectivity index is 2.49. The zero-order chi connectivity index (χ0) is 7.68. The molecule has 4 heteroatoms. The predicted molar refractivity (Wildman–Crippen MR) is 45.9 cm³/mol. The van der Waals surface area contributed by atoms with E-state index >= 15 is 0 Å². The van der Waals surface area contributed by atoms with E-state index < -0.39 is 0 Å². The summed E-state index contributed by atoms with van der Waals surface area (Å²) < 4.78 is 6.30. The van der Waals surface area contributed by atoms with E-state index in [1.54, 1.807) is 12.4 Å². The standard InChI is InChI=1S/C7H7BrN2O/c8-5-3-9-4-6-7(5)10-1-2-11-6/h3-4,10H,1-2H2. The van der Waals surface area contributed by atoms with Crippen molar-refractivity contribution in [3.05, 3.63) is 16.9 Å². The van der Waals surface area contributed by atoms with Crippen LogP contribution in [0.3, 0.4) is 0 Å². The van der Waals surface area contributed by atoms with Crippen molar-refractivity contribution in [2.45, 2.75) is 0 Å². The van der Waals surface area contributed by atoms with Gasteiger partial charge in [0.05, 0.1) is 16.4 Å². The van der Waals surface area contributed by atoms with Crippen LogP contribution in [0.5, 0.6) is 5.75 Å². The molecule has 3 nitrogen and oxygen atoms in total. The number of rotatable bonds is 0. The van der Waals surface area contributed by atoms with Gasteiger partial charge in [-0.2, -0.15) is 0 Å². The third-order valence-electron chi connectivity index (χ3n) is 1.53. The molecule has 11 heavy (non-hydrogen) atoms.